The van der Waals surface area contributed by atoms with Crippen LogP contribution in [0.4, 0.5) is 19.0 Å². The van der Waals surface area contributed by atoms with Gasteiger partial charge in [-0.15, -0.1) is 0 Å². The molecule has 32 heavy (non-hydrogen) atoms. The van der Waals surface area contributed by atoms with Gasteiger partial charge in [0.15, 0.2) is 0 Å². The van der Waals surface area contributed by atoms with E-state index in [4.69, 9.17) is 4.74 Å². The zero-order chi connectivity index (χ0) is 22.9. The van der Waals surface area contributed by atoms with Crippen LogP contribution in [-0.2, 0) is 17.5 Å². The molecule has 0 aliphatic carbocycles. The van der Waals surface area contributed by atoms with Gasteiger partial charge in [-0.25, -0.2) is 9.78 Å². The number of hydrogen-bond acceptors (Lipinski definition) is 6. The Balaban J connectivity index is 1.43. The zero-order valence-corrected chi connectivity index (χ0v) is 17.1. The van der Waals surface area contributed by atoms with Crippen molar-refractivity contribution in [3.05, 3.63) is 56.5 Å². The topological polar surface area (TPSA) is 101 Å². The van der Waals surface area contributed by atoms with Gasteiger partial charge >= 0.3 is 11.9 Å². The van der Waals surface area contributed by atoms with Crippen molar-refractivity contribution in [1.29, 1.82) is 0 Å². The molecule has 2 saturated heterocycles. The largest absolute Gasteiger partial charge is 0.417 e. The molecule has 2 aromatic heterocycles. The average molecular weight is 453 g/mol. The highest BCUT2D eigenvalue weighted by molar-refractivity contribution is 5.93. The fraction of sp³-hybridized carbons (Fsp3) is 0.500. The number of alkyl halides is 3. The Bertz CT molecular complexity index is 1080. The number of carbonyl (C=O) groups is 1. The van der Waals surface area contributed by atoms with Crippen LogP contribution in [0.5, 0.6) is 0 Å². The van der Waals surface area contributed by atoms with Crippen LogP contribution < -0.4 is 16.1 Å². The first-order valence-electron chi connectivity index (χ1n) is 10.3. The Morgan fingerprint density at radius 3 is 2.53 bits per heavy atom. The molecule has 0 radical (unpaired) electrons. The minimum Gasteiger partial charge on any atom is -0.376 e. The molecule has 2 aliphatic rings. The minimum absolute atomic E-state index is 0.0860. The van der Waals surface area contributed by atoms with Crippen molar-refractivity contribution >= 4 is 11.7 Å². The predicted octanol–water partition coefficient (Wildman–Crippen LogP) is 1.09. The molecule has 2 aliphatic heterocycles. The lowest BCUT2D eigenvalue weighted by Crippen LogP contribution is -2.51. The quantitative estimate of drug-likeness (QED) is 0.744. The summed E-state index contributed by atoms with van der Waals surface area (Å²) in [6, 6.07) is 2.27. The molecule has 9 nitrogen and oxygen atoms in total. The zero-order valence-electron chi connectivity index (χ0n) is 17.1. The summed E-state index contributed by atoms with van der Waals surface area (Å²) < 4.78 is 44.6. The van der Waals surface area contributed by atoms with Crippen LogP contribution in [0.2, 0.25) is 0 Å². The van der Waals surface area contributed by atoms with Gasteiger partial charge in [-0.1, -0.05) is 0 Å². The number of halogens is 3. The molecular weight excluding hydrogens is 431 g/mol. The minimum atomic E-state index is -4.45. The van der Waals surface area contributed by atoms with Gasteiger partial charge in [-0.05, 0) is 25.0 Å². The van der Waals surface area contributed by atoms with Crippen molar-refractivity contribution < 1.29 is 22.7 Å². The number of piperazine rings is 1. The monoisotopic (exact) mass is 453 g/mol. The normalized spacial score (nSPS) is 19.4. The molecular formula is C20H22F3N5O4. The summed E-state index contributed by atoms with van der Waals surface area (Å²) in [6.07, 6.45) is -1.19. The van der Waals surface area contributed by atoms with Crippen LogP contribution in [-0.4, -0.2) is 64.2 Å². The third-order valence-electron chi connectivity index (χ3n) is 5.67. The maximum Gasteiger partial charge on any atom is 0.417 e. The number of H-pyrrole nitrogens is 1. The van der Waals surface area contributed by atoms with Crippen LogP contribution >= 0.6 is 0 Å². The van der Waals surface area contributed by atoms with Crippen LogP contribution in [0.15, 0.2) is 34.1 Å². The molecule has 0 saturated carbocycles. The summed E-state index contributed by atoms with van der Waals surface area (Å²) in [5.41, 5.74) is -2.22. The molecule has 12 heteroatoms. The smallest absolute Gasteiger partial charge is 0.376 e. The van der Waals surface area contributed by atoms with Gasteiger partial charge in [0, 0.05) is 45.2 Å². The molecule has 0 bridgehead atoms. The number of aromatic amines is 1. The van der Waals surface area contributed by atoms with Gasteiger partial charge in [-0.2, -0.15) is 13.2 Å². The lowest BCUT2D eigenvalue weighted by molar-refractivity contribution is -0.137. The molecule has 4 heterocycles. The number of carbonyl (C=O) groups excluding carboxylic acids is 1. The SMILES string of the molecule is O=C(c1c[nH]c(=O)n(CC2CCCO2)c1=O)N1CCN(c2ccc(C(F)(F)F)cn2)CC1. The molecule has 0 aromatic carbocycles. The van der Waals surface area contributed by atoms with Crippen molar-refractivity contribution in [1.82, 2.24) is 19.4 Å². The molecule has 0 spiro atoms. The first-order valence-corrected chi connectivity index (χ1v) is 10.3. The summed E-state index contributed by atoms with van der Waals surface area (Å²) in [5.74, 6) is -0.125. The predicted molar refractivity (Wildman–Crippen MR) is 108 cm³/mol. The number of nitrogens with one attached hydrogen (secondary N) is 1. The van der Waals surface area contributed by atoms with Crippen LogP contribution in [0.1, 0.15) is 28.8 Å². The molecule has 2 fully saturated rings. The number of nitrogens with zero attached hydrogens (tertiary/aromatic N) is 4. The third-order valence-corrected chi connectivity index (χ3v) is 5.67. The van der Waals surface area contributed by atoms with Gasteiger partial charge < -0.3 is 19.5 Å². The van der Waals surface area contributed by atoms with Crippen molar-refractivity contribution in [2.75, 3.05) is 37.7 Å². The summed E-state index contributed by atoms with van der Waals surface area (Å²) in [5, 5.41) is 0. The number of ether oxygens (including phenoxy) is 1. The highest BCUT2D eigenvalue weighted by Crippen LogP contribution is 2.29. The molecule has 1 atom stereocenters. The first kappa shape index (κ1) is 22.1. The highest BCUT2D eigenvalue weighted by Gasteiger charge is 2.31. The van der Waals surface area contributed by atoms with E-state index < -0.39 is 28.9 Å². The van der Waals surface area contributed by atoms with E-state index in [-0.39, 0.29) is 31.3 Å². The summed E-state index contributed by atoms with van der Waals surface area (Å²) in [4.78, 5) is 47.4. The second kappa shape index (κ2) is 8.77. The fourth-order valence-corrected chi connectivity index (χ4v) is 3.87. The standard InChI is InChI=1S/C20H22F3N5O4/c21-20(22,23)13-3-4-16(24-10-13)26-5-7-27(8-6-26)17(29)15-11-25-19(31)28(18(15)30)12-14-2-1-9-32-14/h3-4,10-11,14H,1-2,5-9,12H2,(H,25,31). The Labute approximate surface area is 180 Å². The van der Waals surface area contributed by atoms with Crippen LogP contribution in [0.25, 0.3) is 0 Å². The van der Waals surface area contributed by atoms with Gasteiger partial charge in [0.1, 0.15) is 11.4 Å². The maximum atomic E-state index is 12.9. The number of rotatable bonds is 4. The molecule has 1 unspecified atom stereocenters. The van der Waals surface area contributed by atoms with E-state index in [0.717, 1.165) is 35.9 Å². The second-order valence-corrected chi connectivity index (χ2v) is 7.74. The Morgan fingerprint density at radius 1 is 1.19 bits per heavy atom. The van der Waals surface area contributed by atoms with Gasteiger partial charge in [-0.3, -0.25) is 14.2 Å². The van der Waals surface area contributed by atoms with E-state index in [9.17, 15) is 27.6 Å². The fourth-order valence-electron chi connectivity index (χ4n) is 3.87. The second-order valence-electron chi connectivity index (χ2n) is 7.74. The highest BCUT2D eigenvalue weighted by atomic mass is 19.4. The lowest BCUT2D eigenvalue weighted by Gasteiger charge is -2.35. The van der Waals surface area contributed by atoms with E-state index in [0.29, 0.717) is 25.5 Å². The number of anilines is 1. The molecule has 1 N–H and O–H groups in total. The van der Waals surface area contributed by atoms with Crippen molar-refractivity contribution in [3.63, 3.8) is 0 Å². The van der Waals surface area contributed by atoms with Crippen molar-refractivity contribution in [3.8, 4) is 0 Å². The van der Waals surface area contributed by atoms with Crippen LogP contribution in [0, 0.1) is 0 Å². The van der Waals surface area contributed by atoms with E-state index in [2.05, 4.69) is 9.97 Å². The third kappa shape index (κ3) is 4.54. The average Bonchev–Trinajstić information content (AvgIpc) is 3.29. The van der Waals surface area contributed by atoms with E-state index in [1.165, 1.54) is 11.0 Å². The molecule has 1 amide bonds. The number of aromatic nitrogens is 3. The molecule has 172 valence electrons. The Kier molecular flexibility index (Phi) is 6.04. The number of amides is 1. The van der Waals surface area contributed by atoms with Gasteiger partial charge in [0.05, 0.1) is 18.2 Å². The van der Waals surface area contributed by atoms with Crippen molar-refractivity contribution in [2.24, 2.45) is 0 Å². The Hall–Kier alpha value is -3.15. The molecule has 2 aromatic rings. The number of pyridine rings is 1. The van der Waals surface area contributed by atoms with E-state index in [1.54, 1.807) is 4.90 Å². The van der Waals surface area contributed by atoms with E-state index in [1.807, 2.05) is 0 Å². The van der Waals surface area contributed by atoms with Crippen LogP contribution in [0.3, 0.4) is 0 Å². The first-order chi connectivity index (χ1) is 15.2. The van der Waals surface area contributed by atoms with Crippen molar-refractivity contribution in [2.45, 2.75) is 31.7 Å². The van der Waals surface area contributed by atoms with Gasteiger partial charge in [0.2, 0.25) is 0 Å². The lowest BCUT2D eigenvalue weighted by atomic mass is 10.2. The number of hydrogen-bond donors (Lipinski definition) is 1. The van der Waals surface area contributed by atoms with E-state index >= 15 is 0 Å². The summed E-state index contributed by atoms with van der Waals surface area (Å²) in [7, 11) is 0. The Morgan fingerprint density at radius 2 is 1.94 bits per heavy atom. The maximum absolute atomic E-state index is 12.9. The summed E-state index contributed by atoms with van der Waals surface area (Å²) in [6.45, 7) is 1.86. The summed E-state index contributed by atoms with van der Waals surface area (Å²) >= 11 is 0. The van der Waals surface area contributed by atoms with Gasteiger partial charge in [0.25, 0.3) is 11.5 Å². The molecule has 4 rings (SSSR count).